The standard InChI is InChI=1S/C13H19N3.C2H6/c1-4-5-12-10(2)6-7-13-15-9-11(8-14-3)16(12)13;1-2/h6-7,9,14H,4-5,8H2,1-3H3;1-2H3. The normalized spacial score (nSPS) is 10.3. The minimum Gasteiger partial charge on any atom is -0.314 e. The van der Waals surface area contributed by atoms with E-state index in [9.17, 15) is 0 Å². The van der Waals surface area contributed by atoms with Gasteiger partial charge in [-0.05, 0) is 32.0 Å². The van der Waals surface area contributed by atoms with Crippen molar-refractivity contribution in [3.63, 3.8) is 0 Å². The fourth-order valence-electron chi connectivity index (χ4n) is 2.16. The summed E-state index contributed by atoms with van der Waals surface area (Å²) in [7, 11) is 1.97. The Balaban J connectivity index is 0.000000771. The van der Waals surface area contributed by atoms with Crippen molar-refractivity contribution in [1.82, 2.24) is 14.7 Å². The lowest BCUT2D eigenvalue weighted by molar-refractivity contribution is 0.756. The predicted octanol–water partition coefficient (Wildman–Crippen LogP) is 3.34. The quantitative estimate of drug-likeness (QED) is 0.898. The van der Waals surface area contributed by atoms with E-state index in [1.54, 1.807) is 0 Å². The molecule has 0 bridgehead atoms. The van der Waals surface area contributed by atoms with E-state index >= 15 is 0 Å². The number of pyridine rings is 1. The van der Waals surface area contributed by atoms with Crippen LogP contribution < -0.4 is 5.32 Å². The molecule has 3 heteroatoms. The van der Waals surface area contributed by atoms with Gasteiger partial charge in [-0.3, -0.25) is 4.40 Å². The topological polar surface area (TPSA) is 29.3 Å². The fraction of sp³-hybridized carbons (Fsp3) is 0.533. The molecule has 100 valence electrons. The molecule has 2 heterocycles. The van der Waals surface area contributed by atoms with Crippen LogP contribution in [-0.4, -0.2) is 16.4 Å². The highest BCUT2D eigenvalue weighted by molar-refractivity contribution is 5.45. The molecule has 0 saturated heterocycles. The average molecular weight is 247 g/mol. The van der Waals surface area contributed by atoms with Crippen molar-refractivity contribution in [1.29, 1.82) is 0 Å². The van der Waals surface area contributed by atoms with Gasteiger partial charge in [-0.2, -0.15) is 0 Å². The molecule has 0 atom stereocenters. The number of hydrogen-bond donors (Lipinski definition) is 1. The van der Waals surface area contributed by atoms with Gasteiger partial charge in [-0.1, -0.05) is 33.3 Å². The predicted molar refractivity (Wildman–Crippen MR) is 78.0 cm³/mol. The Kier molecular flexibility index (Phi) is 5.86. The van der Waals surface area contributed by atoms with Crippen molar-refractivity contribution >= 4 is 5.65 Å². The zero-order valence-electron chi connectivity index (χ0n) is 12.2. The van der Waals surface area contributed by atoms with Crippen LogP contribution in [0.5, 0.6) is 0 Å². The Bertz CT molecular complexity index is 486. The van der Waals surface area contributed by atoms with Crippen molar-refractivity contribution in [3.8, 4) is 0 Å². The van der Waals surface area contributed by atoms with Crippen molar-refractivity contribution < 1.29 is 0 Å². The van der Waals surface area contributed by atoms with Crippen LogP contribution in [0.2, 0.25) is 0 Å². The number of rotatable bonds is 4. The summed E-state index contributed by atoms with van der Waals surface area (Å²) in [6.07, 6.45) is 4.23. The molecule has 2 aromatic rings. The van der Waals surface area contributed by atoms with Crippen molar-refractivity contribution in [2.75, 3.05) is 7.05 Å². The third-order valence-electron chi connectivity index (χ3n) is 2.91. The first-order chi connectivity index (χ1) is 8.77. The summed E-state index contributed by atoms with van der Waals surface area (Å²) in [6.45, 7) is 9.25. The summed E-state index contributed by atoms with van der Waals surface area (Å²) in [5.41, 5.74) is 5.04. The molecule has 3 nitrogen and oxygen atoms in total. The monoisotopic (exact) mass is 247 g/mol. The summed E-state index contributed by atoms with van der Waals surface area (Å²) < 4.78 is 2.29. The summed E-state index contributed by atoms with van der Waals surface area (Å²) in [4.78, 5) is 4.44. The lowest BCUT2D eigenvalue weighted by Crippen LogP contribution is -2.10. The molecule has 0 aliphatic rings. The minimum absolute atomic E-state index is 0.862. The van der Waals surface area contributed by atoms with Crippen molar-refractivity contribution in [2.24, 2.45) is 0 Å². The van der Waals surface area contributed by atoms with E-state index in [0.29, 0.717) is 0 Å². The third kappa shape index (κ3) is 2.91. The number of aromatic nitrogens is 2. The fourth-order valence-corrected chi connectivity index (χ4v) is 2.16. The summed E-state index contributed by atoms with van der Waals surface area (Å²) >= 11 is 0. The molecule has 0 aliphatic heterocycles. The number of fused-ring (bicyclic) bond motifs is 1. The molecule has 0 unspecified atom stereocenters. The zero-order valence-corrected chi connectivity index (χ0v) is 12.2. The van der Waals surface area contributed by atoms with E-state index in [4.69, 9.17) is 0 Å². The molecule has 0 spiro atoms. The van der Waals surface area contributed by atoms with E-state index in [2.05, 4.69) is 40.7 Å². The van der Waals surface area contributed by atoms with Crippen molar-refractivity contribution in [2.45, 2.75) is 47.1 Å². The number of hydrogen-bond acceptors (Lipinski definition) is 2. The van der Waals surface area contributed by atoms with Gasteiger partial charge >= 0.3 is 0 Å². The largest absolute Gasteiger partial charge is 0.314 e. The first-order valence-corrected chi connectivity index (χ1v) is 6.87. The van der Waals surface area contributed by atoms with Crippen LogP contribution in [0.15, 0.2) is 18.3 Å². The molecule has 0 radical (unpaired) electrons. The molecular formula is C15H25N3. The van der Waals surface area contributed by atoms with Gasteiger partial charge in [0.05, 0.1) is 11.9 Å². The van der Waals surface area contributed by atoms with Crippen molar-refractivity contribution in [3.05, 3.63) is 35.3 Å². The highest BCUT2D eigenvalue weighted by Crippen LogP contribution is 2.16. The van der Waals surface area contributed by atoms with Crippen LogP contribution in [0, 0.1) is 6.92 Å². The van der Waals surface area contributed by atoms with Crippen LogP contribution >= 0.6 is 0 Å². The second-order valence-electron chi connectivity index (χ2n) is 4.19. The molecular weight excluding hydrogens is 222 g/mol. The molecule has 2 aromatic heterocycles. The Labute approximate surface area is 110 Å². The lowest BCUT2D eigenvalue weighted by atomic mass is 10.1. The molecule has 0 aliphatic carbocycles. The van der Waals surface area contributed by atoms with Gasteiger partial charge in [-0.25, -0.2) is 4.98 Å². The average Bonchev–Trinajstić information content (AvgIpc) is 2.80. The Hall–Kier alpha value is -1.35. The second-order valence-corrected chi connectivity index (χ2v) is 4.19. The molecule has 0 aromatic carbocycles. The first-order valence-electron chi connectivity index (χ1n) is 6.87. The Morgan fingerprint density at radius 3 is 2.61 bits per heavy atom. The molecule has 0 fully saturated rings. The number of nitrogens with one attached hydrogen (secondary N) is 1. The number of nitrogens with zero attached hydrogens (tertiary/aromatic N) is 2. The van der Waals surface area contributed by atoms with E-state index in [0.717, 1.165) is 25.0 Å². The van der Waals surface area contributed by atoms with Crippen LogP contribution in [0.4, 0.5) is 0 Å². The number of aryl methyl sites for hydroxylation is 2. The first kappa shape index (κ1) is 14.7. The highest BCUT2D eigenvalue weighted by Gasteiger charge is 2.08. The molecule has 18 heavy (non-hydrogen) atoms. The van der Waals surface area contributed by atoms with E-state index in [1.165, 1.54) is 17.0 Å². The molecule has 1 N–H and O–H groups in total. The van der Waals surface area contributed by atoms with Crippen LogP contribution in [0.3, 0.4) is 0 Å². The maximum atomic E-state index is 4.44. The maximum absolute atomic E-state index is 4.44. The summed E-state index contributed by atoms with van der Waals surface area (Å²) in [5, 5.41) is 3.19. The summed E-state index contributed by atoms with van der Waals surface area (Å²) in [5.74, 6) is 0. The third-order valence-corrected chi connectivity index (χ3v) is 2.91. The SMILES string of the molecule is CC.CCCc1c(C)ccc2ncc(CNC)n12. The molecule has 0 amide bonds. The molecule has 0 saturated carbocycles. The van der Waals surface area contributed by atoms with E-state index < -0.39 is 0 Å². The van der Waals surface area contributed by atoms with Gasteiger partial charge in [0.1, 0.15) is 5.65 Å². The van der Waals surface area contributed by atoms with E-state index in [-0.39, 0.29) is 0 Å². The highest BCUT2D eigenvalue weighted by atomic mass is 15.0. The second kappa shape index (κ2) is 7.17. The zero-order chi connectivity index (χ0) is 13.5. The van der Waals surface area contributed by atoms with Crippen LogP contribution in [0.1, 0.15) is 44.1 Å². The maximum Gasteiger partial charge on any atom is 0.137 e. The van der Waals surface area contributed by atoms with E-state index in [1.807, 2.05) is 27.1 Å². The van der Waals surface area contributed by atoms with Gasteiger partial charge in [-0.15, -0.1) is 0 Å². The lowest BCUT2D eigenvalue weighted by Gasteiger charge is -2.11. The Morgan fingerprint density at radius 1 is 1.28 bits per heavy atom. The Morgan fingerprint density at radius 2 is 2.00 bits per heavy atom. The van der Waals surface area contributed by atoms with Gasteiger partial charge in [0, 0.05) is 12.2 Å². The van der Waals surface area contributed by atoms with Gasteiger partial charge in [0.15, 0.2) is 0 Å². The van der Waals surface area contributed by atoms with Crippen LogP contribution in [-0.2, 0) is 13.0 Å². The summed E-state index contributed by atoms with van der Waals surface area (Å²) in [6, 6.07) is 4.25. The van der Waals surface area contributed by atoms with Gasteiger partial charge in [0.2, 0.25) is 0 Å². The smallest absolute Gasteiger partial charge is 0.137 e. The minimum atomic E-state index is 0.862. The number of imidazole rings is 1. The molecule has 2 rings (SSSR count). The van der Waals surface area contributed by atoms with Crippen LogP contribution in [0.25, 0.3) is 5.65 Å². The van der Waals surface area contributed by atoms with Gasteiger partial charge in [0.25, 0.3) is 0 Å². The van der Waals surface area contributed by atoms with Gasteiger partial charge < -0.3 is 5.32 Å².